The van der Waals surface area contributed by atoms with Crippen LogP contribution < -0.4 is 9.64 Å². The van der Waals surface area contributed by atoms with Crippen LogP contribution in [0.3, 0.4) is 0 Å². The zero-order valence-electron chi connectivity index (χ0n) is 17.3. The molecule has 0 aliphatic carbocycles. The Bertz CT molecular complexity index is 1250. The number of carbonyl (C=O) groups excluding carboxylic acids is 1. The van der Waals surface area contributed by atoms with Gasteiger partial charge in [-0.25, -0.2) is 12.4 Å². The third-order valence-electron chi connectivity index (χ3n) is 5.40. The summed E-state index contributed by atoms with van der Waals surface area (Å²) in [4.78, 5) is 13.7. The number of aryl methyl sites for hydroxylation is 1. The van der Waals surface area contributed by atoms with E-state index in [1.54, 1.807) is 42.5 Å². The van der Waals surface area contributed by atoms with E-state index >= 15 is 0 Å². The molecule has 0 saturated heterocycles. The average molecular weight is 463 g/mol. The van der Waals surface area contributed by atoms with Crippen LogP contribution in [0.1, 0.15) is 18.5 Å². The van der Waals surface area contributed by atoms with Gasteiger partial charge in [0.05, 0.1) is 29.8 Å². The molecule has 1 aliphatic rings. The first kappa shape index (κ1) is 21.5. The van der Waals surface area contributed by atoms with Crippen molar-refractivity contribution in [3.05, 3.63) is 53.2 Å². The highest BCUT2D eigenvalue weighted by Gasteiger charge is 2.26. The largest absolute Gasteiger partial charge is 0.490 e. The molecular weight excluding hydrogens is 440 g/mol. The first-order chi connectivity index (χ1) is 14.8. The van der Waals surface area contributed by atoms with Crippen molar-refractivity contribution in [2.24, 2.45) is 0 Å². The number of hydrogen-bond acceptors (Lipinski definition) is 6. The Morgan fingerprint density at radius 3 is 2.77 bits per heavy atom. The zero-order chi connectivity index (χ0) is 22.2. The van der Waals surface area contributed by atoms with Crippen LogP contribution in [-0.2, 0) is 26.0 Å². The molecule has 3 aromatic rings. The van der Waals surface area contributed by atoms with Gasteiger partial charge in [0.1, 0.15) is 12.4 Å². The summed E-state index contributed by atoms with van der Waals surface area (Å²) in [5.74, 6) is 0.214. The van der Waals surface area contributed by atoms with Crippen LogP contribution >= 0.6 is 11.6 Å². The predicted octanol–water partition coefficient (Wildman–Crippen LogP) is 3.86. The number of halogens is 1. The molecule has 0 bridgehead atoms. The van der Waals surface area contributed by atoms with Gasteiger partial charge in [-0.1, -0.05) is 11.6 Å². The second-order valence-electron chi connectivity index (χ2n) is 7.44. The number of anilines is 1. The SMILES string of the molecule is COC(=O)CCCc1cc2cc(Cl)ccc2n1S(=O)(=O)c1ccc2c(c1)OCCN2C. The highest BCUT2D eigenvalue weighted by Crippen LogP contribution is 2.35. The molecule has 31 heavy (non-hydrogen) atoms. The molecule has 164 valence electrons. The third-order valence-corrected chi connectivity index (χ3v) is 7.39. The molecule has 7 nitrogen and oxygen atoms in total. The minimum atomic E-state index is -3.91. The summed E-state index contributed by atoms with van der Waals surface area (Å²) in [7, 11) is -0.637. The molecule has 0 radical (unpaired) electrons. The first-order valence-electron chi connectivity index (χ1n) is 9.91. The number of nitrogens with zero attached hydrogens (tertiary/aromatic N) is 2. The van der Waals surface area contributed by atoms with E-state index in [1.807, 2.05) is 11.9 Å². The number of esters is 1. The van der Waals surface area contributed by atoms with Gasteiger partial charge in [-0.15, -0.1) is 0 Å². The second-order valence-corrected chi connectivity index (χ2v) is 9.66. The van der Waals surface area contributed by atoms with Crippen molar-refractivity contribution in [2.75, 3.05) is 32.2 Å². The van der Waals surface area contributed by atoms with E-state index in [-0.39, 0.29) is 17.3 Å². The van der Waals surface area contributed by atoms with E-state index in [0.717, 1.165) is 17.6 Å². The maximum absolute atomic E-state index is 13.7. The molecule has 0 atom stereocenters. The Labute approximate surface area is 186 Å². The standard InChI is InChI=1S/C22H23ClN2O5S/c1-24-10-11-30-21-14-18(7-9-20(21)24)31(27,28)25-17(4-3-5-22(26)29-2)13-15-12-16(23)6-8-19(15)25/h6-9,12-14H,3-5,10-11H2,1-2H3. The Hall–Kier alpha value is -2.71. The highest BCUT2D eigenvalue weighted by atomic mass is 35.5. The monoisotopic (exact) mass is 462 g/mol. The second kappa shape index (κ2) is 8.43. The van der Waals surface area contributed by atoms with Gasteiger partial charge in [-0.2, -0.15) is 0 Å². The number of benzene rings is 2. The van der Waals surface area contributed by atoms with Gasteiger partial charge in [0.15, 0.2) is 0 Å². The fourth-order valence-electron chi connectivity index (χ4n) is 3.80. The van der Waals surface area contributed by atoms with Gasteiger partial charge in [-0.3, -0.25) is 4.79 Å². The van der Waals surface area contributed by atoms with Crippen molar-refractivity contribution in [1.29, 1.82) is 0 Å². The molecule has 0 spiro atoms. The van der Waals surface area contributed by atoms with Crippen molar-refractivity contribution in [2.45, 2.75) is 24.2 Å². The Morgan fingerprint density at radius 1 is 1.19 bits per heavy atom. The summed E-state index contributed by atoms with van der Waals surface area (Å²) in [5, 5.41) is 1.24. The summed E-state index contributed by atoms with van der Waals surface area (Å²) >= 11 is 6.13. The lowest BCUT2D eigenvalue weighted by atomic mass is 10.2. The Balaban J connectivity index is 1.79. The van der Waals surface area contributed by atoms with Crippen LogP contribution in [0.2, 0.25) is 5.02 Å². The smallest absolute Gasteiger partial charge is 0.305 e. The molecule has 0 amide bonds. The molecule has 9 heteroatoms. The van der Waals surface area contributed by atoms with Crippen LogP contribution in [0.25, 0.3) is 10.9 Å². The fourth-order valence-corrected chi connectivity index (χ4v) is 5.56. The Morgan fingerprint density at radius 2 is 2.00 bits per heavy atom. The third kappa shape index (κ3) is 4.09. The van der Waals surface area contributed by atoms with Gasteiger partial charge in [0, 0.05) is 35.6 Å². The molecule has 0 saturated carbocycles. The zero-order valence-corrected chi connectivity index (χ0v) is 18.9. The minimum absolute atomic E-state index is 0.142. The summed E-state index contributed by atoms with van der Waals surface area (Å²) < 4.78 is 39.1. The molecule has 2 aromatic carbocycles. The van der Waals surface area contributed by atoms with Gasteiger partial charge < -0.3 is 14.4 Å². The van der Waals surface area contributed by atoms with Gasteiger partial charge in [-0.05, 0) is 49.2 Å². The van der Waals surface area contributed by atoms with Gasteiger partial charge in [0.25, 0.3) is 10.0 Å². The molecular formula is C22H23ClN2O5S. The van der Waals surface area contributed by atoms with Crippen molar-refractivity contribution in [3.63, 3.8) is 0 Å². The van der Waals surface area contributed by atoms with E-state index in [2.05, 4.69) is 0 Å². The number of fused-ring (bicyclic) bond motifs is 2. The summed E-state index contributed by atoms with van der Waals surface area (Å²) in [5.41, 5.74) is 1.97. The molecule has 0 unspecified atom stereocenters. The highest BCUT2D eigenvalue weighted by molar-refractivity contribution is 7.90. The van der Waals surface area contributed by atoms with E-state index < -0.39 is 10.0 Å². The normalized spacial score (nSPS) is 13.7. The lowest BCUT2D eigenvalue weighted by Crippen LogP contribution is -2.29. The van der Waals surface area contributed by atoms with E-state index in [9.17, 15) is 13.2 Å². The maximum atomic E-state index is 13.7. The lowest BCUT2D eigenvalue weighted by Gasteiger charge is -2.28. The van der Waals surface area contributed by atoms with Crippen molar-refractivity contribution in [1.82, 2.24) is 3.97 Å². The fraction of sp³-hybridized carbons (Fsp3) is 0.318. The first-order valence-corrected chi connectivity index (χ1v) is 11.7. The van der Waals surface area contributed by atoms with Crippen LogP contribution in [0.5, 0.6) is 5.75 Å². The average Bonchev–Trinajstić information content (AvgIpc) is 3.11. The lowest BCUT2D eigenvalue weighted by molar-refractivity contribution is -0.140. The van der Waals surface area contributed by atoms with E-state index in [1.165, 1.54) is 11.1 Å². The Kier molecular flexibility index (Phi) is 5.85. The van der Waals surface area contributed by atoms with Crippen molar-refractivity contribution >= 4 is 44.2 Å². The number of likely N-dealkylation sites (N-methyl/N-ethyl adjacent to an activating group) is 1. The van der Waals surface area contributed by atoms with Crippen LogP contribution in [0.15, 0.2) is 47.4 Å². The number of aromatic nitrogens is 1. The van der Waals surface area contributed by atoms with Crippen molar-refractivity contribution < 1.29 is 22.7 Å². The molecule has 4 rings (SSSR count). The quantitative estimate of drug-likeness (QED) is 0.518. The van der Waals surface area contributed by atoms with E-state index in [0.29, 0.717) is 41.4 Å². The number of ether oxygens (including phenoxy) is 2. The maximum Gasteiger partial charge on any atom is 0.305 e. The van der Waals surface area contributed by atoms with E-state index in [4.69, 9.17) is 21.1 Å². The predicted molar refractivity (Wildman–Crippen MR) is 120 cm³/mol. The van der Waals surface area contributed by atoms with Crippen molar-refractivity contribution in [3.8, 4) is 5.75 Å². The topological polar surface area (TPSA) is 77.8 Å². The van der Waals surface area contributed by atoms with Gasteiger partial charge >= 0.3 is 5.97 Å². The van der Waals surface area contributed by atoms with Gasteiger partial charge in [0.2, 0.25) is 0 Å². The molecule has 1 aromatic heterocycles. The number of rotatable bonds is 6. The van der Waals surface area contributed by atoms with Crippen LogP contribution in [0.4, 0.5) is 5.69 Å². The number of hydrogen-bond donors (Lipinski definition) is 0. The number of methoxy groups -OCH3 is 1. The molecule has 0 N–H and O–H groups in total. The van der Waals surface area contributed by atoms with Crippen LogP contribution in [0, 0.1) is 0 Å². The summed E-state index contributed by atoms with van der Waals surface area (Å²) in [6.07, 6.45) is 1.06. The summed E-state index contributed by atoms with van der Waals surface area (Å²) in [6, 6.07) is 11.8. The number of carbonyl (C=O) groups is 1. The molecule has 2 heterocycles. The minimum Gasteiger partial charge on any atom is -0.490 e. The molecule has 1 aliphatic heterocycles. The van der Waals surface area contributed by atoms with Crippen LogP contribution in [-0.4, -0.2) is 45.7 Å². The summed E-state index contributed by atoms with van der Waals surface area (Å²) in [6.45, 7) is 1.24. The molecule has 0 fully saturated rings.